The van der Waals surface area contributed by atoms with Crippen LogP contribution in [-0.2, 0) is 0 Å². The second-order valence-electron chi connectivity index (χ2n) is 4.33. The Bertz CT molecular complexity index is 542. The molecule has 0 aliphatic heterocycles. The molecule has 0 bridgehead atoms. The Morgan fingerprint density at radius 1 is 1.22 bits per heavy atom. The molecule has 0 radical (unpaired) electrons. The molecule has 0 saturated carbocycles. The van der Waals surface area contributed by atoms with E-state index in [1.54, 1.807) is 13.8 Å². The van der Waals surface area contributed by atoms with Gasteiger partial charge in [0.25, 0.3) is 0 Å². The van der Waals surface area contributed by atoms with Crippen molar-refractivity contribution >= 4 is 15.9 Å². The Balaban J connectivity index is 2.45. The van der Waals surface area contributed by atoms with Gasteiger partial charge in [0.2, 0.25) is 0 Å². The van der Waals surface area contributed by atoms with Crippen molar-refractivity contribution in [1.29, 1.82) is 0 Å². The minimum atomic E-state index is -0.144. The van der Waals surface area contributed by atoms with Gasteiger partial charge in [-0.1, -0.05) is 12.1 Å². The van der Waals surface area contributed by atoms with Crippen LogP contribution in [0.1, 0.15) is 28.5 Å². The molecule has 18 heavy (non-hydrogen) atoms. The largest absolute Gasteiger partial charge is 0.452 e. The molecule has 96 valence electrons. The fourth-order valence-electron chi connectivity index (χ4n) is 2.10. The summed E-state index contributed by atoms with van der Waals surface area (Å²) >= 11 is 3.29. The molecule has 1 unspecified atom stereocenters. The van der Waals surface area contributed by atoms with Crippen LogP contribution in [0.25, 0.3) is 0 Å². The maximum atomic E-state index is 13.6. The smallest absolute Gasteiger partial charge is 0.169 e. The van der Waals surface area contributed by atoms with Crippen molar-refractivity contribution in [1.82, 2.24) is 5.32 Å². The van der Waals surface area contributed by atoms with Crippen LogP contribution < -0.4 is 5.32 Å². The molecule has 0 fully saturated rings. The van der Waals surface area contributed by atoms with Gasteiger partial charge in [-0.25, -0.2) is 4.39 Å². The molecule has 1 aromatic carbocycles. The Hall–Kier alpha value is -1.13. The minimum absolute atomic E-state index is 0.0747. The van der Waals surface area contributed by atoms with Crippen molar-refractivity contribution in [3.05, 3.63) is 57.2 Å². The highest BCUT2D eigenvalue weighted by Gasteiger charge is 2.17. The molecule has 0 aliphatic carbocycles. The van der Waals surface area contributed by atoms with Crippen molar-refractivity contribution in [3.8, 4) is 0 Å². The van der Waals surface area contributed by atoms with Crippen molar-refractivity contribution < 1.29 is 8.81 Å². The first-order valence-electron chi connectivity index (χ1n) is 5.72. The number of aryl methyl sites for hydroxylation is 2. The molecule has 2 nitrogen and oxygen atoms in total. The molecule has 0 amide bonds. The molecule has 0 spiro atoms. The van der Waals surface area contributed by atoms with E-state index in [1.165, 1.54) is 0 Å². The van der Waals surface area contributed by atoms with E-state index >= 15 is 0 Å². The molecular formula is C14H15BrFNO. The average molecular weight is 312 g/mol. The summed E-state index contributed by atoms with van der Waals surface area (Å²) in [6, 6.07) is 7.37. The number of benzene rings is 1. The van der Waals surface area contributed by atoms with E-state index in [-0.39, 0.29) is 11.9 Å². The van der Waals surface area contributed by atoms with Gasteiger partial charge < -0.3 is 9.73 Å². The second kappa shape index (κ2) is 5.24. The topological polar surface area (TPSA) is 25.2 Å². The normalized spacial score (nSPS) is 12.7. The molecule has 0 aliphatic rings. The molecule has 4 heteroatoms. The van der Waals surface area contributed by atoms with Gasteiger partial charge in [0, 0.05) is 0 Å². The quantitative estimate of drug-likeness (QED) is 0.923. The van der Waals surface area contributed by atoms with Crippen LogP contribution in [0.15, 0.2) is 33.4 Å². The summed E-state index contributed by atoms with van der Waals surface area (Å²) in [5.74, 6) is 0.656. The SMILES string of the molecule is CNC(c1cc(C)c(F)c(C)c1)c1ccc(Br)o1. The van der Waals surface area contributed by atoms with Crippen molar-refractivity contribution in [3.63, 3.8) is 0 Å². The monoisotopic (exact) mass is 311 g/mol. The van der Waals surface area contributed by atoms with Crippen LogP contribution in [0.5, 0.6) is 0 Å². The predicted molar refractivity (Wildman–Crippen MR) is 73.2 cm³/mol. The highest BCUT2D eigenvalue weighted by atomic mass is 79.9. The van der Waals surface area contributed by atoms with E-state index in [0.29, 0.717) is 15.8 Å². The molecule has 2 rings (SSSR count). The maximum Gasteiger partial charge on any atom is 0.169 e. The van der Waals surface area contributed by atoms with Gasteiger partial charge in [-0.2, -0.15) is 0 Å². The van der Waals surface area contributed by atoms with Gasteiger partial charge >= 0.3 is 0 Å². The number of rotatable bonds is 3. The molecule has 1 atom stereocenters. The Morgan fingerprint density at radius 2 is 1.83 bits per heavy atom. The Morgan fingerprint density at radius 3 is 2.28 bits per heavy atom. The summed E-state index contributed by atoms with van der Waals surface area (Å²) in [6.07, 6.45) is 0. The van der Waals surface area contributed by atoms with Gasteiger partial charge in [0.05, 0.1) is 6.04 Å². The van der Waals surface area contributed by atoms with Crippen LogP contribution >= 0.6 is 15.9 Å². The molecular weight excluding hydrogens is 297 g/mol. The van der Waals surface area contributed by atoms with Crippen molar-refractivity contribution in [2.75, 3.05) is 7.05 Å². The van der Waals surface area contributed by atoms with E-state index in [1.807, 2.05) is 31.3 Å². The molecule has 0 saturated heterocycles. The number of hydrogen-bond donors (Lipinski definition) is 1. The summed E-state index contributed by atoms with van der Waals surface area (Å²) in [5.41, 5.74) is 2.29. The van der Waals surface area contributed by atoms with E-state index in [0.717, 1.165) is 11.3 Å². The first-order valence-corrected chi connectivity index (χ1v) is 6.51. The Labute approximate surface area is 114 Å². The van der Waals surface area contributed by atoms with Gasteiger partial charge in [-0.15, -0.1) is 0 Å². The first kappa shape index (κ1) is 13.3. The fraction of sp³-hybridized carbons (Fsp3) is 0.286. The fourth-order valence-corrected chi connectivity index (χ4v) is 2.42. The number of nitrogens with one attached hydrogen (secondary N) is 1. The summed E-state index contributed by atoms with van der Waals surface area (Å²) in [7, 11) is 1.86. The van der Waals surface area contributed by atoms with Crippen LogP contribution in [0.4, 0.5) is 4.39 Å². The summed E-state index contributed by atoms with van der Waals surface area (Å²) in [4.78, 5) is 0. The zero-order valence-corrected chi connectivity index (χ0v) is 12.1. The van der Waals surface area contributed by atoms with Gasteiger partial charge in [-0.3, -0.25) is 0 Å². The number of hydrogen-bond acceptors (Lipinski definition) is 2. The molecule has 1 heterocycles. The lowest BCUT2D eigenvalue weighted by atomic mass is 9.99. The minimum Gasteiger partial charge on any atom is -0.452 e. The standard InChI is InChI=1S/C14H15BrFNO/c1-8-6-10(7-9(2)13(8)16)14(17-3)11-4-5-12(15)18-11/h4-7,14,17H,1-3H3. The van der Waals surface area contributed by atoms with Gasteiger partial charge in [0.1, 0.15) is 11.6 Å². The Kier molecular flexibility index (Phi) is 3.88. The lowest BCUT2D eigenvalue weighted by molar-refractivity contribution is 0.446. The maximum absolute atomic E-state index is 13.6. The average Bonchev–Trinajstić information content (AvgIpc) is 2.73. The highest BCUT2D eigenvalue weighted by molar-refractivity contribution is 9.10. The van der Waals surface area contributed by atoms with E-state index in [2.05, 4.69) is 21.2 Å². The van der Waals surface area contributed by atoms with Crippen LogP contribution in [0, 0.1) is 19.7 Å². The van der Waals surface area contributed by atoms with E-state index < -0.39 is 0 Å². The lowest BCUT2D eigenvalue weighted by Crippen LogP contribution is -2.17. The molecule has 1 aromatic heterocycles. The number of furan rings is 1. The summed E-state index contributed by atoms with van der Waals surface area (Å²) in [5, 5.41) is 3.18. The predicted octanol–water partition coefficient (Wildman–Crippen LogP) is 4.11. The second-order valence-corrected chi connectivity index (χ2v) is 5.11. The summed E-state index contributed by atoms with van der Waals surface area (Å²) < 4.78 is 19.9. The van der Waals surface area contributed by atoms with E-state index in [4.69, 9.17) is 4.42 Å². The van der Waals surface area contributed by atoms with Crippen LogP contribution in [0.3, 0.4) is 0 Å². The highest BCUT2D eigenvalue weighted by Crippen LogP contribution is 2.28. The van der Waals surface area contributed by atoms with Crippen molar-refractivity contribution in [2.45, 2.75) is 19.9 Å². The van der Waals surface area contributed by atoms with Crippen LogP contribution in [-0.4, -0.2) is 7.05 Å². The van der Waals surface area contributed by atoms with Crippen molar-refractivity contribution in [2.24, 2.45) is 0 Å². The zero-order chi connectivity index (χ0) is 13.3. The lowest BCUT2D eigenvalue weighted by Gasteiger charge is -2.16. The third-order valence-electron chi connectivity index (χ3n) is 2.96. The number of halogens is 2. The van der Waals surface area contributed by atoms with Gasteiger partial charge in [-0.05, 0) is 65.6 Å². The molecule has 1 N–H and O–H groups in total. The zero-order valence-electron chi connectivity index (χ0n) is 10.6. The third-order valence-corrected chi connectivity index (χ3v) is 3.39. The van der Waals surface area contributed by atoms with E-state index in [9.17, 15) is 4.39 Å². The summed E-state index contributed by atoms with van der Waals surface area (Å²) in [6.45, 7) is 3.55. The first-order chi connectivity index (χ1) is 8.52. The molecule has 2 aromatic rings. The van der Waals surface area contributed by atoms with Crippen LogP contribution in [0.2, 0.25) is 0 Å². The van der Waals surface area contributed by atoms with Gasteiger partial charge in [0.15, 0.2) is 4.67 Å². The third kappa shape index (κ3) is 2.49.